The lowest BCUT2D eigenvalue weighted by atomic mass is 9.33. The van der Waals surface area contributed by atoms with Gasteiger partial charge in [-0.05, 0) is 103 Å². The number of fused-ring (bicyclic) bond motifs is 7. The predicted octanol–water partition coefficient (Wildman–Crippen LogP) is 6.45. The third-order valence-corrected chi connectivity index (χ3v) is 15.2. The molecule has 0 spiro atoms. The number of halogens is 3. The van der Waals surface area contributed by atoms with Gasteiger partial charge in [-0.25, -0.2) is 18.6 Å². The fourth-order valence-corrected chi connectivity index (χ4v) is 12.0. The molecule has 0 aromatic carbocycles. The first-order valence-electron chi connectivity index (χ1n) is 15.7. The Morgan fingerprint density at radius 2 is 1.58 bits per heavy atom. The molecule has 43 heavy (non-hydrogen) atoms. The Kier molecular flexibility index (Phi) is 7.48. The van der Waals surface area contributed by atoms with E-state index in [2.05, 4.69) is 33.2 Å². The van der Waals surface area contributed by atoms with Crippen molar-refractivity contribution in [2.75, 3.05) is 7.11 Å². The molecule has 0 aliphatic heterocycles. The Labute approximate surface area is 254 Å². The van der Waals surface area contributed by atoms with Crippen molar-refractivity contribution in [3.8, 4) is 0 Å². The van der Waals surface area contributed by atoms with Crippen LogP contribution >= 0.6 is 0 Å². The molecule has 9 atom stereocenters. The quantitative estimate of drug-likeness (QED) is 0.348. The Balaban J connectivity index is 1.53. The van der Waals surface area contributed by atoms with Gasteiger partial charge in [-0.3, -0.25) is 14.4 Å². The van der Waals surface area contributed by atoms with Crippen LogP contribution in [0.5, 0.6) is 0 Å². The van der Waals surface area contributed by atoms with Crippen LogP contribution in [0.2, 0.25) is 0 Å². The van der Waals surface area contributed by atoms with Gasteiger partial charge in [0.25, 0.3) is 0 Å². The first kappa shape index (κ1) is 32.9. The van der Waals surface area contributed by atoms with Crippen LogP contribution in [0.4, 0.5) is 13.2 Å². The summed E-state index contributed by atoms with van der Waals surface area (Å²) in [6.45, 7) is 14.7. The van der Waals surface area contributed by atoms with Gasteiger partial charge in [0, 0.05) is 17.4 Å². The Morgan fingerprint density at radius 1 is 0.953 bits per heavy atom. The molecule has 11 heteroatoms. The van der Waals surface area contributed by atoms with Crippen molar-refractivity contribution >= 4 is 21.7 Å². The predicted molar refractivity (Wildman–Crippen MR) is 156 cm³/mol. The molecule has 4 saturated carbocycles. The second-order valence-electron chi connectivity index (χ2n) is 16.4. The van der Waals surface area contributed by atoms with Gasteiger partial charge in [0.15, 0.2) is 5.78 Å². The number of nitrogens with one attached hydrogen (secondary N) is 2. The van der Waals surface area contributed by atoms with Crippen LogP contribution in [0, 0.1) is 50.2 Å². The molecule has 0 bridgehead atoms. The highest BCUT2D eigenvalue weighted by atomic mass is 32.2. The molecule has 0 heterocycles. The zero-order valence-corrected chi connectivity index (χ0v) is 27.7. The van der Waals surface area contributed by atoms with Crippen LogP contribution in [-0.2, 0) is 24.4 Å². The van der Waals surface area contributed by atoms with E-state index in [9.17, 15) is 31.2 Å². The van der Waals surface area contributed by atoms with Crippen LogP contribution in [0.3, 0.4) is 0 Å². The summed E-state index contributed by atoms with van der Waals surface area (Å²) < 4.78 is 66.2. The molecule has 2 N–H and O–H groups in total. The van der Waals surface area contributed by atoms with Gasteiger partial charge < -0.3 is 0 Å². The van der Waals surface area contributed by atoms with Crippen molar-refractivity contribution in [1.29, 1.82) is 0 Å². The topological polar surface area (TPSA) is 102 Å². The smallest absolute Gasteiger partial charge is 0.295 e. The largest absolute Gasteiger partial charge is 0.511 e. The lowest BCUT2D eigenvalue weighted by molar-refractivity contribution is -0.188. The lowest BCUT2D eigenvalue weighted by Gasteiger charge is -2.70. The number of carbonyl (C=O) groups is 2. The molecule has 7 nitrogen and oxygen atoms in total. The molecule has 5 aliphatic rings. The number of alkyl halides is 3. The van der Waals surface area contributed by atoms with Gasteiger partial charge in [0.1, 0.15) is 0 Å². The van der Waals surface area contributed by atoms with E-state index in [4.69, 9.17) is 4.84 Å². The normalized spacial score (nSPS) is 46.0. The average molecular weight is 631 g/mol. The molecule has 244 valence electrons. The number of amides is 1. The zero-order valence-electron chi connectivity index (χ0n) is 26.8. The van der Waals surface area contributed by atoms with Crippen LogP contribution in [0.15, 0.2) is 11.6 Å². The molecule has 0 aromatic rings. The van der Waals surface area contributed by atoms with E-state index < -0.39 is 37.8 Å². The van der Waals surface area contributed by atoms with E-state index in [1.54, 1.807) is 0 Å². The van der Waals surface area contributed by atoms with Gasteiger partial charge in [-0.2, -0.15) is 13.2 Å². The molecule has 4 fully saturated rings. The average Bonchev–Trinajstić information content (AvgIpc) is 2.87. The maximum Gasteiger partial charge on any atom is 0.511 e. The summed E-state index contributed by atoms with van der Waals surface area (Å²) >= 11 is 0. The van der Waals surface area contributed by atoms with Crippen molar-refractivity contribution in [2.45, 2.75) is 118 Å². The number of carbonyl (C=O) groups excluding carboxylic acids is 2. The maximum atomic E-state index is 14.5. The van der Waals surface area contributed by atoms with Crippen LogP contribution < -0.4 is 10.2 Å². The number of rotatable bonds is 4. The van der Waals surface area contributed by atoms with E-state index in [0.29, 0.717) is 19.3 Å². The molecule has 0 radical (unpaired) electrons. The molecule has 1 unspecified atom stereocenters. The highest BCUT2D eigenvalue weighted by Crippen LogP contribution is 2.75. The molecule has 0 saturated heterocycles. The van der Waals surface area contributed by atoms with Crippen molar-refractivity contribution in [3.05, 3.63) is 11.6 Å². The SMILES string of the molecule is CONC(=O)[C@@]1(C)CC[C@]2(C)CC[C@]3(C)C(=CC(=O)[C@@H]4[C@@]5(C)CC[C@@H](NS(=O)(=O)C(F)(F)F)C(C)(C)C5CC[C@]43C)[C@@H]2C1. The summed E-state index contributed by atoms with van der Waals surface area (Å²) in [5.41, 5.74) is -4.25. The van der Waals surface area contributed by atoms with Crippen LogP contribution in [-0.4, -0.2) is 38.8 Å². The lowest BCUT2D eigenvalue weighted by Crippen LogP contribution is -2.68. The van der Waals surface area contributed by atoms with E-state index >= 15 is 0 Å². The van der Waals surface area contributed by atoms with Crippen LogP contribution in [0.1, 0.15) is 106 Å². The number of sulfonamides is 1. The van der Waals surface area contributed by atoms with Gasteiger partial charge in [0.2, 0.25) is 5.91 Å². The van der Waals surface area contributed by atoms with Gasteiger partial charge in [0.05, 0.1) is 7.11 Å². The highest BCUT2D eigenvalue weighted by molar-refractivity contribution is 7.90. The second-order valence-corrected chi connectivity index (χ2v) is 18.1. The van der Waals surface area contributed by atoms with Gasteiger partial charge >= 0.3 is 15.5 Å². The fraction of sp³-hybridized carbons (Fsp3) is 0.875. The molecule has 0 aromatic heterocycles. The number of ketones is 1. The van der Waals surface area contributed by atoms with E-state index in [0.717, 1.165) is 37.7 Å². The number of hydrogen-bond acceptors (Lipinski definition) is 5. The van der Waals surface area contributed by atoms with Crippen molar-refractivity contribution in [1.82, 2.24) is 10.2 Å². The summed E-state index contributed by atoms with van der Waals surface area (Å²) in [5, 5.41) is 0. The summed E-state index contributed by atoms with van der Waals surface area (Å²) in [6.07, 6.45) is 8.23. The summed E-state index contributed by atoms with van der Waals surface area (Å²) in [7, 11) is -4.06. The maximum absolute atomic E-state index is 14.5. The monoisotopic (exact) mass is 630 g/mol. The number of hydrogen-bond donors (Lipinski definition) is 2. The second kappa shape index (κ2) is 9.77. The summed E-state index contributed by atoms with van der Waals surface area (Å²) in [5.74, 6) is -0.457. The van der Waals surface area contributed by atoms with E-state index in [-0.39, 0.29) is 52.1 Å². The Bertz CT molecular complexity index is 1350. The minimum Gasteiger partial charge on any atom is -0.295 e. The Morgan fingerprint density at radius 3 is 2.19 bits per heavy atom. The summed E-state index contributed by atoms with van der Waals surface area (Å²) in [6, 6.07) is -0.879. The first-order valence-corrected chi connectivity index (χ1v) is 17.2. The van der Waals surface area contributed by atoms with E-state index in [1.807, 2.05) is 31.6 Å². The number of allylic oxidation sites excluding steroid dienone is 2. The fourth-order valence-electron chi connectivity index (χ4n) is 11.1. The zero-order chi connectivity index (χ0) is 32.2. The van der Waals surface area contributed by atoms with Gasteiger partial charge in [-0.1, -0.05) is 54.0 Å². The number of hydroxylamine groups is 1. The third-order valence-electron chi connectivity index (χ3n) is 14.0. The molecule has 5 rings (SSSR count). The minimum absolute atomic E-state index is 0.0154. The van der Waals surface area contributed by atoms with Gasteiger partial charge in [-0.15, -0.1) is 0 Å². The highest BCUT2D eigenvalue weighted by Gasteiger charge is 2.70. The third kappa shape index (κ3) is 4.51. The molecule has 1 amide bonds. The molecular weight excluding hydrogens is 581 g/mol. The Hall–Kier alpha value is -1.46. The summed E-state index contributed by atoms with van der Waals surface area (Å²) in [4.78, 5) is 32.6. The molecule has 5 aliphatic carbocycles. The molecular formula is C32H49F3N2O5S. The first-order chi connectivity index (χ1) is 19.5. The van der Waals surface area contributed by atoms with Crippen molar-refractivity contribution < 1.29 is 36.0 Å². The standard InChI is InChI=1S/C32H49F3N2O5S/c1-26(2)22-9-12-31(7)24(29(22,5)11-10-23(26)37-43(40,41)32(33,34)35)21(38)17-19-20-18-28(4,25(39)36-42-8)14-13-27(20,3)15-16-30(19,31)6/h17,20,22-24,37H,9-16,18H2,1-8H3,(H,36,39)/t20-,22?,23+,24+,27+,28-,29-,30+,31+/m0/s1. The van der Waals surface area contributed by atoms with Crippen molar-refractivity contribution in [2.24, 2.45) is 50.2 Å². The van der Waals surface area contributed by atoms with E-state index in [1.165, 1.54) is 7.11 Å². The van der Waals surface area contributed by atoms with Crippen LogP contribution in [0.25, 0.3) is 0 Å². The minimum atomic E-state index is -5.50. The van der Waals surface area contributed by atoms with Crippen molar-refractivity contribution in [3.63, 3.8) is 0 Å².